The van der Waals surface area contributed by atoms with Crippen LogP contribution in [0.4, 0.5) is 5.69 Å². The lowest BCUT2D eigenvalue weighted by Gasteiger charge is -2.07. The topological polar surface area (TPSA) is 38.3 Å². The molecule has 2 rings (SSSR count). The lowest BCUT2D eigenvalue weighted by Crippen LogP contribution is -2.08. The third-order valence-corrected chi connectivity index (χ3v) is 3.18. The molecule has 2 aromatic rings. The van der Waals surface area contributed by atoms with Crippen LogP contribution in [-0.4, -0.2) is 13.0 Å². The molecular formula is C18H19NO2. The first-order chi connectivity index (χ1) is 10.1. The Kier molecular flexibility index (Phi) is 4.77. The summed E-state index contributed by atoms with van der Waals surface area (Å²) in [5.41, 5.74) is 4.03. The van der Waals surface area contributed by atoms with Crippen molar-refractivity contribution in [1.82, 2.24) is 0 Å². The molecule has 0 radical (unpaired) electrons. The average Bonchev–Trinajstić information content (AvgIpc) is 2.48. The van der Waals surface area contributed by atoms with Crippen molar-refractivity contribution in [1.29, 1.82) is 0 Å². The fourth-order valence-corrected chi connectivity index (χ4v) is 2.02. The number of methoxy groups -OCH3 is 1. The van der Waals surface area contributed by atoms with E-state index in [1.807, 2.05) is 56.3 Å². The van der Waals surface area contributed by atoms with Crippen LogP contribution in [0.3, 0.4) is 0 Å². The first kappa shape index (κ1) is 14.9. The number of rotatable bonds is 4. The molecule has 0 heterocycles. The van der Waals surface area contributed by atoms with Gasteiger partial charge in [-0.1, -0.05) is 29.8 Å². The second kappa shape index (κ2) is 6.75. The molecule has 0 fully saturated rings. The van der Waals surface area contributed by atoms with Crippen molar-refractivity contribution in [2.45, 2.75) is 13.8 Å². The van der Waals surface area contributed by atoms with Crippen LogP contribution in [0.1, 0.15) is 16.7 Å². The van der Waals surface area contributed by atoms with Gasteiger partial charge in [-0.25, -0.2) is 0 Å². The number of benzene rings is 2. The summed E-state index contributed by atoms with van der Waals surface area (Å²) >= 11 is 0. The van der Waals surface area contributed by atoms with E-state index in [9.17, 15) is 4.79 Å². The molecule has 108 valence electrons. The largest absolute Gasteiger partial charge is 0.497 e. The van der Waals surface area contributed by atoms with E-state index in [-0.39, 0.29) is 5.91 Å². The highest BCUT2D eigenvalue weighted by molar-refractivity contribution is 6.02. The highest BCUT2D eigenvalue weighted by Crippen LogP contribution is 2.16. The van der Waals surface area contributed by atoms with Crippen LogP contribution in [0.2, 0.25) is 0 Å². The number of ether oxygens (including phenoxy) is 1. The second-order valence-electron chi connectivity index (χ2n) is 4.91. The standard InChI is InChI=1S/C18H19NO2/c1-13-4-10-17(14(2)12-13)19-18(20)11-7-15-5-8-16(21-3)9-6-15/h4-12H,1-3H3,(H,19,20)/b11-7+. The van der Waals surface area contributed by atoms with E-state index in [0.717, 1.165) is 22.6 Å². The summed E-state index contributed by atoms with van der Waals surface area (Å²) in [6.45, 7) is 4.01. The van der Waals surface area contributed by atoms with Crippen molar-refractivity contribution in [3.63, 3.8) is 0 Å². The molecule has 0 aromatic heterocycles. The predicted octanol–water partition coefficient (Wildman–Crippen LogP) is 3.96. The quantitative estimate of drug-likeness (QED) is 0.861. The molecule has 2 aromatic carbocycles. The molecule has 0 aliphatic carbocycles. The molecule has 0 atom stereocenters. The number of amides is 1. The maximum Gasteiger partial charge on any atom is 0.248 e. The van der Waals surface area contributed by atoms with Crippen LogP contribution < -0.4 is 10.1 Å². The lowest BCUT2D eigenvalue weighted by atomic mass is 10.1. The maximum absolute atomic E-state index is 11.9. The molecule has 0 saturated heterocycles. The van der Waals surface area contributed by atoms with Gasteiger partial charge < -0.3 is 10.1 Å². The highest BCUT2D eigenvalue weighted by atomic mass is 16.5. The summed E-state index contributed by atoms with van der Waals surface area (Å²) in [5.74, 6) is 0.657. The third-order valence-electron chi connectivity index (χ3n) is 3.18. The number of hydrogen-bond donors (Lipinski definition) is 1. The maximum atomic E-state index is 11.9. The molecule has 0 bridgehead atoms. The van der Waals surface area contributed by atoms with Crippen molar-refractivity contribution < 1.29 is 9.53 Å². The molecule has 0 unspecified atom stereocenters. The Labute approximate surface area is 125 Å². The molecule has 1 N–H and O–H groups in total. The minimum Gasteiger partial charge on any atom is -0.497 e. The van der Waals surface area contributed by atoms with E-state index >= 15 is 0 Å². The van der Waals surface area contributed by atoms with E-state index in [2.05, 4.69) is 5.32 Å². The van der Waals surface area contributed by atoms with Crippen molar-refractivity contribution in [3.8, 4) is 5.75 Å². The van der Waals surface area contributed by atoms with Crippen molar-refractivity contribution in [2.24, 2.45) is 0 Å². The Morgan fingerprint density at radius 1 is 1.10 bits per heavy atom. The van der Waals surface area contributed by atoms with Crippen LogP contribution in [0.25, 0.3) is 6.08 Å². The van der Waals surface area contributed by atoms with Crippen LogP contribution >= 0.6 is 0 Å². The van der Waals surface area contributed by atoms with E-state index in [1.54, 1.807) is 13.2 Å². The van der Waals surface area contributed by atoms with Crippen LogP contribution in [0.5, 0.6) is 5.75 Å². The van der Waals surface area contributed by atoms with Gasteiger partial charge in [-0.2, -0.15) is 0 Å². The molecule has 0 saturated carbocycles. The average molecular weight is 281 g/mol. The SMILES string of the molecule is COc1ccc(/C=C/C(=O)Nc2ccc(C)cc2C)cc1. The Hall–Kier alpha value is -2.55. The van der Waals surface area contributed by atoms with Gasteiger partial charge in [0.2, 0.25) is 5.91 Å². The number of carbonyl (C=O) groups is 1. The summed E-state index contributed by atoms with van der Waals surface area (Å²) in [4.78, 5) is 11.9. The van der Waals surface area contributed by atoms with Crippen LogP contribution in [-0.2, 0) is 4.79 Å². The molecule has 0 aliphatic heterocycles. The molecule has 21 heavy (non-hydrogen) atoms. The van der Waals surface area contributed by atoms with Gasteiger partial charge >= 0.3 is 0 Å². The first-order valence-corrected chi connectivity index (χ1v) is 6.79. The minimum absolute atomic E-state index is 0.141. The van der Waals surface area contributed by atoms with E-state index in [4.69, 9.17) is 4.74 Å². The van der Waals surface area contributed by atoms with Crippen molar-refractivity contribution in [2.75, 3.05) is 12.4 Å². The fourth-order valence-electron chi connectivity index (χ4n) is 2.02. The second-order valence-corrected chi connectivity index (χ2v) is 4.91. The van der Waals surface area contributed by atoms with Gasteiger partial charge in [0.15, 0.2) is 0 Å². The molecular weight excluding hydrogens is 262 g/mol. The highest BCUT2D eigenvalue weighted by Gasteiger charge is 2.01. The minimum atomic E-state index is -0.141. The third kappa shape index (κ3) is 4.21. The Bertz CT molecular complexity index is 657. The van der Waals surface area contributed by atoms with E-state index < -0.39 is 0 Å². The molecule has 0 aliphatic rings. The van der Waals surface area contributed by atoms with Gasteiger partial charge in [-0.15, -0.1) is 0 Å². The summed E-state index contributed by atoms with van der Waals surface area (Å²) < 4.78 is 5.09. The van der Waals surface area contributed by atoms with Crippen LogP contribution in [0.15, 0.2) is 48.5 Å². The predicted molar refractivity (Wildman–Crippen MR) is 86.6 cm³/mol. The molecule has 0 spiro atoms. The van der Waals surface area contributed by atoms with Gasteiger partial charge in [0.25, 0.3) is 0 Å². The normalized spacial score (nSPS) is 10.6. The van der Waals surface area contributed by atoms with Gasteiger partial charge in [0.05, 0.1) is 7.11 Å². The van der Waals surface area contributed by atoms with Gasteiger partial charge in [0, 0.05) is 11.8 Å². The summed E-state index contributed by atoms with van der Waals surface area (Å²) in [7, 11) is 1.63. The number of aryl methyl sites for hydroxylation is 2. The zero-order valence-electron chi connectivity index (χ0n) is 12.5. The lowest BCUT2D eigenvalue weighted by molar-refractivity contribution is -0.111. The summed E-state index contributed by atoms with van der Waals surface area (Å²) in [6, 6.07) is 13.5. The van der Waals surface area contributed by atoms with E-state index in [1.165, 1.54) is 11.6 Å². The monoisotopic (exact) mass is 281 g/mol. The zero-order chi connectivity index (χ0) is 15.2. The van der Waals surface area contributed by atoms with Crippen LogP contribution in [0, 0.1) is 13.8 Å². The zero-order valence-corrected chi connectivity index (χ0v) is 12.5. The van der Waals surface area contributed by atoms with Gasteiger partial charge in [-0.05, 0) is 49.2 Å². The number of carbonyl (C=O) groups excluding carboxylic acids is 1. The van der Waals surface area contributed by atoms with E-state index in [0.29, 0.717) is 0 Å². The Balaban J connectivity index is 2.01. The first-order valence-electron chi connectivity index (χ1n) is 6.79. The van der Waals surface area contributed by atoms with Gasteiger partial charge in [-0.3, -0.25) is 4.79 Å². The van der Waals surface area contributed by atoms with Gasteiger partial charge in [0.1, 0.15) is 5.75 Å². The molecule has 1 amide bonds. The molecule has 3 nitrogen and oxygen atoms in total. The summed E-state index contributed by atoms with van der Waals surface area (Å²) in [5, 5.41) is 2.88. The smallest absolute Gasteiger partial charge is 0.248 e. The number of hydrogen-bond acceptors (Lipinski definition) is 2. The number of anilines is 1. The Morgan fingerprint density at radius 2 is 1.81 bits per heavy atom. The Morgan fingerprint density at radius 3 is 2.43 bits per heavy atom. The van der Waals surface area contributed by atoms with Crippen molar-refractivity contribution in [3.05, 3.63) is 65.2 Å². The number of nitrogens with one attached hydrogen (secondary N) is 1. The fraction of sp³-hybridized carbons (Fsp3) is 0.167. The summed E-state index contributed by atoms with van der Waals surface area (Å²) in [6.07, 6.45) is 3.30. The van der Waals surface area contributed by atoms with Crippen molar-refractivity contribution >= 4 is 17.7 Å². The molecule has 3 heteroatoms.